The predicted octanol–water partition coefficient (Wildman–Crippen LogP) is 6.53. The second-order valence-corrected chi connectivity index (χ2v) is 12.4. The molecule has 2 N–H and O–H groups in total. The first kappa shape index (κ1) is 22.6. The summed E-state index contributed by atoms with van der Waals surface area (Å²) in [6.45, 7) is 14.2. The second-order valence-electron chi connectivity index (χ2n) is 12.4. The fraction of sp³-hybridized carbons (Fsp3) is 0.857. The minimum Gasteiger partial charge on any atom is -0.393 e. The zero-order valence-electron chi connectivity index (χ0n) is 20.3. The zero-order chi connectivity index (χ0) is 21.8. The molecule has 0 amide bonds. The predicted molar refractivity (Wildman–Crippen MR) is 125 cm³/mol. The molecule has 3 fully saturated rings. The summed E-state index contributed by atoms with van der Waals surface area (Å²) in [5, 5.41) is 21.0. The number of hydrogen-bond donors (Lipinski definition) is 2. The van der Waals surface area contributed by atoms with Crippen LogP contribution < -0.4 is 0 Å². The van der Waals surface area contributed by atoms with E-state index >= 15 is 0 Å². The van der Waals surface area contributed by atoms with Crippen molar-refractivity contribution in [1.82, 2.24) is 0 Å². The maximum absolute atomic E-state index is 10.8. The first-order valence-corrected chi connectivity index (χ1v) is 12.8. The van der Waals surface area contributed by atoms with Crippen molar-refractivity contribution in [1.29, 1.82) is 0 Å². The van der Waals surface area contributed by atoms with Crippen molar-refractivity contribution in [2.24, 2.45) is 46.3 Å². The van der Waals surface area contributed by atoms with Crippen LogP contribution in [-0.2, 0) is 0 Å². The second kappa shape index (κ2) is 8.07. The molecule has 0 spiro atoms. The van der Waals surface area contributed by atoms with Crippen molar-refractivity contribution >= 4 is 0 Å². The normalized spacial score (nSPS) is 43.8. The third kappa shape index (κ3) is 3.54. The van der Waals surface area contributed by atoms with Crippen LogP contribution in [0.15, 0.2) is 23.3 Å². The van der Waals surface area contributed by atoms with Gasteiger partial charge < -0.3 is 10.2 Å². The quantitative estimate of drug-likeness (QED) is 0.537. The zero-order valence-corrected chi connectivity index (χ0v) is 20.3. The van der Waals surface area contributed by atoms with Crippen LogP contribution in [-0.4, -0.2) is 22.4 Å². The highest BCUT2D eigenvalue weighted by Gasteiger charge is 2.57. The average Bonchev–Trinajstić information content (AvgIpc) is 3.05. The summed E-state index contributed by atoms with van der Waals surface area (Å²) in [6, 6.07) is 0. The lowest BCUT2D eigenvalue weighted by molar-refractivity contribution is 0.0133. The van der Waals surface area contributed by atoms with Crippen molar-refractivity contribution in [2.45, 2.75) is 105 Å². The van der Waals surface area contributed by atoms with E-state index in [9.17, 15) is 10.2 Å². The van der Waals surface area contributed by atoms with Gasteiger partial charge in [-0.1, -0.05) is 64.8 Å². The van der Waals surface area contributed by atoms with Crippen molar-refractivity contribution in [3.05, 3.63) is 23.3 Å². The SMILES string of the molecule is CC(C)[C@@H](C)C(O)C[C@@H](C)[C@H]1CC[C@H]2C3=CC=C4CC(O)CC[C@]4(C)[C@H]3CC[C@]12C. The Morgan fingerprint density at radius 1 is 0.967 bits per heavy atom. The minimum atomic E-state index is -0.175. The smallest absolute Gasteiger partial charge is 0.0578 e. The van der Waals surface area contributed by atoms with Crippen LogP contribution in [0.1, 0.15) is 92.9 Å². The van der Waals surface area contributed by atoms with E-state index in [0.717, 1.165) is 31.6 Å². The molecule has 170 valence electrons. The van der Waals surface area contributed by atoms with Gasteiger partial charge in [-0.2, -0.15) is 0 Å². The minimum absolute atomic E-state index is 0.135. The Kier molecular flexibility index (Phi) is 6.08. The van der Waals surface area contributed by atoms with Gasteiger partial charge in [0, 0.05) is 0 Å². The first-order valence-electron chi connectivity index (χ1n) is 12.8. The van der Waals surface area contributed by atoms with Crippen LogP contribution in [0.2, 0.25) is 0 Å². The molecular formula is C28H46O2. The lowest BCUT2D eigenvalue weighted by Crippen LogP contribution is -2.46. The van der Waals surface area contributed by atoms with E-state index in [-0.39, 0.29) is 17.6 Å². The van der Waals surface area contributed by atoms with Crippen LogP contribution in [0.5, 0.6) is 0 Å². The van der Waals surface area contributed by atoms with Gasteiger partial charge in [0.1, 0.15) is 0 Å². The van der Waals surface area contributed by atoms with Gasteiger partial charge in [-0.15, -0.1) is 0 Å². The van der Waals surface area contributed by atoms with Crippen molar-refractivity contribution in [3.8, 4) is 0 Å². The standard InChI is InChI=1S/C28H46O2/c1-17(2)19(4)26(30)15-18(3)23-9-10-24-22-8-7-20-16-21(29)11-13-27(20,5)25(22)12-14-28(23,24)6/h7-8,17-19,21,23-26,29-30H,9-16H2,1-6H3/t18-,19-,21?,23-,24+,25+,26?,27+,28-/m1/s1. The van der Waals surface area contributed by atoms with Crippen molar-refractivity contribution in [3.63, 3.8) is 0 Å². The fourth-order valence-electron chi connectivity index (χ4n) is 8.16. The molecule has 9 atom stereocenters. The van der Waals surface area contributed by atoms with Gasteiger partial charge in [-0.3, -0.25) is 0 Å². The van der Waals surface area contributed by atoms with E-state index in [1.54, 1.807) is 5.57 Å². The van der Waals surface area contributed by atoms with E-state index in [4.69, 9.17) is 0 Å². The van der Waals surface area contributed by atoms with Crippen LogP contribution in [0.4, 0.5) is 0 Å². The summed E-state index contributed by atoms with van der Waals surface area (Å²) in [5.41, 5.74) is 3.90. The molecule has 0 aromatic rings. The molecule has 0 aromatic heterocycles. The summed E-state index contributed by atoms with van der Waals surface area (Å²) in [4.78, 5) is 0. The maximum atomic E-state index is 10.8. The first-order chi connectivity index (χ1) is 14.1. The Labute approximate surface area is 185 Å². The van der Waals surface area contributed by atoms with Crippen LogP contribution in [0.3, 0.4) is 0 Å². The molecule has 0 aromatic carbocycles. The Bertz CT molecular complexity index is 705. The van der Waals surface area contributed by atoms with Gasteiger partial charge in [0.05, 0.1) is 12.2 Å². The van der Waals surface area contributed by atoms with Gasteiger partial charge in [-0.05, 0) is 97.7 Å². The third-order valence-corrected chi connectivity index (χ3v) is 10.6. The van der Waals surface area contributed by atoms with Gasteiger partial charge >= 0.3 is 0 Å². The summed E-state index contributed by atoms with van der Waals surface area (Å²) < 4.78 is 0. The highest BCUT2D eigenvalue weighted by atomic mass is 16.3. The molecule has 2 nitrogen and oxygen atoms in total. The monoisotopic (exact) mass is 414 g/mol. The van der Waals surface area contributed by atoms with Crippen LogP contribution >= 0.6 is 0 Å². The third-order valence-electron chi connectivity index (χ3n) is 10.6. The Balaban J connectivity index is 1.54. The van der Waals surface area contributed by atoms with E-state index in [1.165, 1.54) is 31.3 Å². The topological polar surface area (TPSA) is 40.5 Å². The number of aliphatic hydroxyl groups is 2. The molecule has 0 aliphatic heterocycles. The average molecular weight is 415 g/mol. The molecule has 0 radical (unpaired) electrons. The van der Waals surface area contributed by atoms with Gasteiger partial charge in [0.2, 0.25) is 0 Å². The molecule has 0 heterocycles. The highest BCUT2D eigenvalue weighted by Crippen LogP contribution is 2.66. The van der Waals surface area contributed by atoms with Crippen molar-refractivity contribution < 1.29 is 10.2 Å². The summed E-state index contributed by atoms with van der Waals surface area (Å²) in [6.07, 6.45) is 13.8. The Morgan fingerprint density at radius 2 is 1.70 bits per heavy atom. The number of rotatable bonds is 5. The summed E-state index contributed by atoms with van der Waals surface area (Å²) in [5.74, 6) is 3.62. The molecular weight excluding hydrogens is 368 g/mol. The molecule has 3 saturated carbocycles. The number of aliphatic hydroxyl groups excluding tert-OH is 2. The van der Waals surface area contributed by atoms with Crippen LogP contribution in [0, 0.1) is 46.3 Å². The van der Waals surface area contributed by atoms with Crippen molar-refractivity contribution in [2.75, 3.05) is 0 Å². The lowest BCUT2D eigenvalue weighted by atomic mass is 9.50. The van der Waals surface area contributed by atoms with Crippen LogP contribution in [0.25, 0.3) is 0 Å². The van der Waals surface area contributed by atoms with E-state index in [0.29, 0.717) is 35.0 Å². The summed E-state index contributed by atoms with van der Waals surface area (Å²) >= 11 is 0. The molecule has 4 rings (SSSR count). The number of fused-ring (bicyclic) bond motifs is 5. The molecule has 4 aliphatic carbocycles. The molecule has 2 unspecified atom stereocenters. The fourth-order valence-corrected chi connectivity index (χ4v) is 8.16. The largest absolute Gasteiger partial charge is 0.393 e. The maximum Gasteiger partial charge on any atom is 0.0578 e. The Hall–Kier alpha value is -0.600. The Morgan fingerprint density at radius 3 is 2.40 bits per heavy atom. The number of hydrogen-bond acceptors (Lipinski definition) is 2. The molecule has 0 saturated heterocycles. The van der Waals surface area contributed by atoms with E-state index in [2.05, 4.69) is 53.7 Å². The highest BCUT2D eigenvalue weighted by molar-refractivity contribution is 5.38. The lowest BCUT2D eigenvalue weighted by Gasteiger charge is -2.55. The van der Waals surface area contributed by atoms with E-state index < -0.39 is 0 Å². The van der Waals surface area contributed by atoms with Gasteiger partial charge in [0.25, 0.3) is 0 Å². The molecule has 30 heavy (non-hydrogen) atoms. The summed E-state index contributed by atoms with van der Waals surface area (Å²) in [7, 11) is 0. The van der Waals surface area contributed by atoms with Gasteiger partial charge in [-0.25, -0.2) is 0 Å². The molecule has 2 heteroatoms. The molecule has 4 aliphatic rings. The molecule has 0 bridgehead atoms. The van der Waals surface area contributed by atoms with E-state index in [1.807, 2.05) is 0 Å². The van der Waals surface area contributed by atoms with Gasteiger partial charge in [0.15, 0.2) is 0 Å². The number of allylic oxidation sites excluding steroid dienone is 3.